The van der Waals surface area contributed by atoms with Crippen molar-refractivity contribution in [3.8, 4) is 0 Å². The van der Waals surface area contributed by atoms with Crippen molar-refractivity contribution in [2.45, 2.75) is 13.8 Å². The molecule has 0 aliphatic rings. The quantitative estimate of drug-likeness (QED) is 0.565. The highest BCUT2D eigenvalue weighted by Crippen LogP contribution is 2.24. The van der Waals surface area contributed by atoms with E-state index in [-0.39, 0.29) is 0 Å². The maximum absolute atomic E-state index is 10.9. The number of carbonyl (C=O) groups excluding carboxylic acids is 2. The number of nitrogens with two attached hydrogens (primary N) is 1. The van der Waals surface area contributed by atoms with Crippen LogP contribution in [0.4, 0.5) is 5.69 Å². The second kappa shape index (κ2) is 3.85. The Kier molecular flexibility index (Phi) is 2.79. The van der Waals surface area contributed by atoms with E-state index in [0.717, 1.165) is 11.1 Å². The molecular weight excluding hydrogens is 180 g/mol. The topological polar surface area (TPSA) is 72.5 Å². The van der Waals surface area contributed by atoms with Gasteiger partial charge in [0.2, 0.25) is 12.0 Å². The van der Waals surface area contributed by atoms with Crippen molar-refractivity contribution in [2.75, 3.05) is 0 Å². The molecule has 72 valence electrons. The SMILES string of the molecule is Cc1cc(C(N)=O)cc(C)c1N=C=O. The van der Waals surface area contributed by atoms with Gasteiger partial charge in [-0.2, -0.15) is 4.99 Å². The maximum atomic E-state index is 10.9. The van der Waals surface area contributed by atoms with Crippen molar-refractivity contribution in [3.63, 3.8) is 0 Å². The van der Waals surface area contributed by atoms with Crippen molar-refractivity contribution >= 4 is 17.7 Å². The molecule has 0 saturated heterocycles. The molecule has 4 nitrogen and oxygen atoms in total. The molecule has 0 aliphatic carbocycles. The lowest BCUT2D eigenvalue weighted by Gasteiger charge is -2.04. The highest BCUT2D eigenvalue weighted by atomic mass is 16.1. The van der Waals surface area contributed by atoms with Gasteiger partial charge in [0.1, 0.15) is 0 Å². The summed E-state index contributed by atoms with van der Waals surface area (Å²) in [5, 5.41) is 0. The van der Waals surface area contributed by atoms with Crippen LogP contribution in [0.15, 0.2) is 17.1 Å². The average molecular weight is 190 g/mol. The number of primary amides is 1. The van der Waals surface area contributed by atoms with Crippen molar-refractivity contribution in [3.05, 3.63) is 28.8 Å². The molecule has 0 saturated carbocycles. The van der Waals surface area contributed by atoms with Crippen LogP contribution in [0.25, 0.3) is 0 Å². The van der Waals surface area contributed by atoms with E-state index in [9.17, 15) is 9.59 Å². The fourth-order valence-electron chi connectivity index (χ4n) is 1.32. The summed E-state index contributed by atoms with van der Waals surface area (Å²) in [6.45, 7) is 3.52. The van der Waals surface area contributed by atoms with Crippen molar-refractivity contribution in [2.24, 2.45) is 10.7 Å². The van der Waals surface area contributed by atoms with Crippen LogP contribution in [-0.2, 0) is 4.79 Å². The lowest BCUT2D eigenvalue weighted by Crippen LogP contribution is -2.11. The minimum Gasteiger partial charge on any atom is -0.366 e. The van der Waals surface area contributed by atoms with Gasteiger partial charge in [-0.15, -0.1) is 0 Å². The van der Waals surface area contributed by atoms with Crippen molar-refractivity contribution < 1.29 is 9.59 Å². The first-order valence-corrected chi connectivity index (χ1v) is 4.05. The Morgan fingerprint density at radius 3 is 2.21 bits per heavy atom. The van der Waals surface area contributed by atoms with Gasteiger partial charge in [0.05, 0.1) is 5.69 Å². The first-order valence-electron chi connectivity index (χ1n) is 4.05. The zero-order valence-corrected chi connectivity index (χ0v) is 8.00. The molecule has 0 aliphatic heterocycles. The van der Waals surface area contributed by atoms with E-state index in [4.69, 9.17) is 5.73 Å². The second-order valence-corrected chi connectivity index (χ2v) is 3.03. The number of hydrogen-bond donors (Lipinski definition) is 1. The summed E-state index contributed by atoms with van der Waals surface area (Å²) >= 11 is 0. The third kappa shape index (κ3) is 1.87. The summed E-state index contributed by atoms with van der Waals surface area (Å²) in [4.78, 5) is 24.6. The molecule has 0 radical (unpaired) electrons. The first-order chi connectivity index (χ1) is 6.56. The molecule has 0 atom stereocenters. The van der Waals surface area contributed by atoms with Gasteiger partial charge in [-0.25, -0.2) is 4.79 Å². The molecule has 0 bridgehead atoms. The van der Waals surface area contributed by atoms with E-state index >= 15 is 0 Å². The van der Waals surface area contributed by atoms with E-state index in [2.05, 4.69) is 4.99 Å². The molecule has 0 aromatic heterocycles. The fourth-order valence-corrected chi connectivity index (χ4v) is 1.32. The Hall–Kier alpha value is -1.93. The highest BCUT2D eigenvalue weighted by molar-refractivity contribution is 5.93. The molecule has 2 N–H and O–H groups in total. The van der Waals surface area contributed by atoms with Crippen LogP contribution in [0.3, 0.4) is 0 Å². The van der Waals surface area contributed by atoms with Crippen molar-refractivity contribution in [1.82, 2.24) is 0 Å². The van der Waals surface area contributed by atoms with Gasteiger partial charge in [-0.3, -0.25) is 4.79 Å². The number of amides is 1. The molecule has 14 heavy (non-hydrogen) atoms. The van der Waals surface area contributed by atoms with Crippen LogP contribution >= 0.6 is 0 Å². The Morgan fingerprint density at radius 1 is 1.36 bits per heavy atom. The van der Waals surface area contributed by atoms with Gasteiger partial charge in [0.15, 0.2) is 0 Å². The van der Waals surface area contributed by atoms with Crippen molar-refractivity contribution in [1.29, 1.82) is 0 Å². The average Bonchev–Trinajstić information content (AvgIpc) is 2.10. The van der Waals surface area contributed by atoms with Crippen LogP contribution in [0.5, 0.6) is 0 Å². The Bertz CT molecular complexity index is 409. The fraction of sp³-hybridized carbons (Fsp3) is 0.200. The Balaban J connectivity index is 3.39. The number of aliphatic imine (C=N–C) groups is 1. The third-order valence-corrected chi connectivity index (χ3v) is 1.93. The Morgan fingerprint density at radius 2 is 1.86 bits per heavy atom. The second-order valence-electron chi connectivity index (χ2n) is 3.03. The molecule has 1 aromatic carbocycles. The minimum atomic E-state index is -0.488. The van der Waals surface area contributed by atoms with Crippen LogP contribution in [0.1, 0.15) is 21.5 Å². The molecule has 0 fully saturated rings. The summed E-state index contributed by atoms with van der Waals surface area (Å²) in [6, 6.07) is 3.21. The van der Waals surface area contributed by atoms with E-state index in [1.54, 1.807) is 26.0 Å². The number of aryl methyl sites for hydroxylation is 2. The molecule has 0 heterocycles. The zero-order chi connectivity index (χ0) is 10.7. The lowest BCUT2D eigenvalue weighted by molar-refractivity contribution is 0.1000. The van der Waals surface area contributed by atoms with Gasteiger partial charge in [-0.1, -0.05) is 0 Å². The number of nitrogens with zero attached hydrogens (tertiary/aromatic N) is 1. The summed E-state index contributed by atoms with van der Waals surface area (Å²) in [7, 11) is 0. The summed E-state index contributed by atoms with van der Waals surface area (Å²) < 4.78 is 0. The largest absolute Gasteiger partial charge is 0.366 e. The smallest absolute Gasteiger partial charge is 0.248 e. The van der Waals surface area contributed by atoms with E-state index in [0.29, 0.717) is 11.3 Å². The van der Waals surface area contributed by atoms with E-state index in [1.165, 1.54) is 6.08 Å². The number of rotatable bonds is 2. The maximum Gasteiger partial charge on any atom is 0.248 e. The number of isocyanates is 1. The molecule has 1 aromatic rings. The van der Waals surface area contributed by atoms with Crippen LogP contribution < -0.4 is 5.73 Å². The molecule has 0 unspecified atom stereocenters. The highest BCUT2D eigenvalue weighted by Gasteiger charge is 2.07. The molecule has 1 amide bonds. The van der Waals surface area contributed by atoms with Gasteiger partial charge in [-0.05, 0) is 37.1 Å². The van der Waals surface area contributed by atoms with Crippen LogP contribution in [-0.4, -0.2) is 12.0 Å². The van der Waals surface area contributed by atoms with Gasteiger partial charge < -0.3 is 5.73 Å². The zero-order valence-electron chi connectivity index (χ0n) is 8.00. The third-order valence-electron chi connectivity index (χ3n) is 1.93. The van der Waals surface area contributed by atoms with Gasteiger partial charge in [0.25, 0.3) is 0 Å². The van der Waals surface area contributed by atoms with Gasteiger partial charge in [0, 0.05) is 5.56 Å². The molecular formula is C10H10N2O2. The molecule has 1 rings (SSSR count). The predicted octanol–water partition coefficient (Wildman–Crippen LogP) is 1.37. The predicted molar refractivity (Wildman–Crippen MR) is 52.2 cm³/mol. The molecule has 0 spiro atoms. The lowest BCUT2D eigenvalue weighted by atomic mass is 10.0. The van der Waals surface area contributed by atoms with E-state index in [1.807, 2.05) is 0 Å². The standard InChI is InChI=1S/C10H10N2O2/c1-6-3-8(10(11)14)4-7(2)9(6)12-5-13/h3-4H,1-2H3,(H2,11,14). The summed E-state index contributed by atoms with van der Waals surface area (Å²) in [5.41, 5.74) is 7.57. The molecule has 4 heteroatoms. The monoisotopic (exact) mass is 190 g/mol. The van der Waals surface area contributed by atoms with Crippen LogP contribution in [0.2, 0.25) is 0 Å². The van der Waals surface area contributed by atoms with E-state index < -0.39 is 5.91 Å². The number of hydrogen-bond acceptors (Lipinski definition) is 3. The number of carbonyl (C=O) groups is 1. The minimum absolute atomic E-state index is 0.421. The summed E-state index contributed by atoms with van der Waals surface area (Å²) in [5.74, 6) is -0.488. The summed E-state index contributed by atoms with van der Waals surface area (Å²) in [6.07, 6.45) is 1.47. The normalized spacial score (nSPS) is 9.29. The Labute approximate surface area is 81.4 Å². The van der Waals surface area contributed by atoms with Crippen LogP contribution in [0, 0.1) is 13.8 Å². The first kappa shape index (κ1) is 10.2. The van der Waals surface area contributed by atoms with Gasteiger partial charge >= 0.3 is 0 Å². The number of benzene rings is 1.